The number of halogens is 1. The van der Waals surface area contributed by atoms with Crippen molar-refractivity contribution in [2.45, 2.75) is 33.0 Å². The fraction of sp³-hybridized carbons (Fsp3) is 0.467. The zero-order chi connectivity index (χ0) is 15.7. The first-order valence-electron chi connectivity index (χ1n) is 6.80. The van der Waals surface area contributed by atoms with Crippen LogP contribution in [-0.2, 0) is 9.53 Å². The fourth-order valence-corrected chi connectivity index (χ4v) is 2.68. The second-order valence-electron chi connectivity index (χ2n) is 5.42. The summed E-state index contributed by atoms with van der Waals surface area (Å²) in [5.41, 5.74) is -0.186. The number of hydrogen-bond acceptors (Lipinski definition) is 3. The van der Waals surface area contributed by atoms with Crippen molar-refractivity contribution in [3.05, 3.63) is 29.6 Å². The molecule has 1 aliphatic heterocycles. The first-order valence-corrected chi connectivity index (χ1v) is 6.80. The van der Waals surface area contributed by atoms with E-state index >= 15 is 0 Å². The Hall–Kier alpha value is -1.95. The first kappa shape index (κ1) is 15.4. The Balaban J connectivity index is 2.15. The van der Waals surface area contributed by atoms with E-state index in [0.29, 0.717) is 0 Å². The quantitative estimate of drug-likeness (QED) is 0.898. The molecule has 6 heteroatoms. The minimum atomic E-state index is -1.22. The molecule has 1 saturated heterocycles. The van der Waals surface area contributed by atoms with E-state index < -0.39 is 11.8 Å². The molecule has 0 spiro atoms. The Morgan fingerprint density at radius 3 is 2.38 bits per heavy atom. The third-order valence-electron chi connectivity index (χ3n) is 4.02. The van der Waals surface area contributed by atoms with Gasteiger partial charge in [0.1, 0.15) is 5.82 Å². The van der Waals surface area contributed by atoms with E-state index in [1.165, 1.54) is 12.1 Å². The van der Waals surface area contributed by atoms with E-state index in [-0.39, 0.29) is 41.2 Å². The number of anilines is 1. The topological polar surface area (TPSA) is 75.6 Å². The maximum absolute atomic E-state index is 13.8. The summed E-state index contributed by atoms with van der Waals surface area (Å²) in [6.45, 7) is 5.63. The van der Waals surface area contributed by atoms with Gasteiger partial charge in [-0.15, -0.1) is 0 Å². The summed E-state index contributed by atoms with van der Waals surface area (Å²) in [6, 6.07) is 3.39. The van der Waals surface area contributed by atoms with E-state index in [2.05, 4.69) is 5.32 Å². The summed E-state index contributed by atoms with van der Waals surface area (Å²) in [6.07, 6.45) is -0.272. The lowest BCUT2D eigenvalue weighted by atomic mass is 9.89. The molecule has 114 valence electrons. The second kappa shape index (κ2) is 5.81. The van der Waals surface area contributed by atoms with Crippen molar-refractivity contribution in [3.8, 4) is 0 Å². The molecule has 0 bridgehead atoms. The largest absolute Gasteiger partial charge is 0.478 e. The van der Waals surface area contributed by atoms with Crippen LogP contribution in [0.1, 0.15) is 31.1 Å². The van der Waals surface area contributed by atoms with E-state index in [9.17, 15) is 14.0 Å². The Bertz CT molecular complexity index is 575. The van der Waals surface area contributed by atoms with Crippen molar-refractivity contribution in [3.63, 3.8) is 0 Å². The molecule has 0 radical (unpaired) electrons. The van der Waals surface area contributed by atoms with Gasteiger partial charge in [-0.1, -0.05) is 6.92 Å². The third kappa shape index (κ3) is 3.05. The number of amides is 1. The molecule has 0 aromatic heterocycles. The van der Waals surface area contributed by atoms with Gasteiger partial charge in [-0.2, -0.15) is 0 Å². The second-order valence-corrected chi connectivity index (χ2v) is 5.42. The van der Waals surface area contributed by atoms with Gasteiger partial charge < -0.3 is 15.2 Å². The van der Waals surface area contributed by atoms with Crippen LogP contribution >= 0.6 is 0 Å². The van der Waals surface area contributed by atoms with Gasteiger partial charge in [-0.25, -0.2) is 9.18 Å². The van der Waals surface area contributed by atoms with Gasteiger partial charge in [-0.05, 0) is 38.0 Å². The van der Waals surface area contributed by atoms with E-state index in [1.54, 1.807) is 0 Å². The molecule has 21 heavy (non-hydrogen) atoms. The fourth-order valence-electron chi connectivity index (χ4n) is 2.68. The number of carboxylic acids is 1. The van der Waals surface area contributed by atoms with E-state index in [1.807, 2.05) is 20.8 Å². The summed E-state index contributed by atoms with van der Waals surface area (Å²) in [5, 5.41) is 11.3. The molecule has 5 nitrogen and oxygen atoms in total. The summed E-state index contributed by atoms with van der Waals surface area (Å²) >= 11 is 0. The van der Waals surface area contributed by atoms with Crippen LogP contribution in [0.2, 0.25) is 0 Å². The van der Waals surface area contributed by atoms with Crippen LogP contribution in [0.25, 0.3) is 0 Å². The van der Waals surface area contributed by atoms with E-state index in [4.69, 9.17) is 9.84 Å². The third-order valence-corrected chi connectivity index (χ3v) is 4.02. The summed E-state index contributed by atoms with van der Waals surface area (Å²) < 4.78 is 19.4. The molecular weight excluding hydrogens is 277 g/mol. The average molecular weight is 295 g/mol. The molecular formula is C15H18FNO4. The maximum Gasteiger partial charge on any atom is 0.335 e. The van der Waals surface area contributed by atoms with Crippen LogP contribution in [0.5, 0.6) is 0 Å². The van der Waals surface area contributed by atoms with Gasteiger partial charge in [0.05, 0.1) is 29.4 Å². The van der Waals surface area contributed by atoms with Crippen LogP contribution in [0.3, 0.4) is 0 Å². The standard InChI is InChI=1S/C15H18FNO4/c1-7-8(2)21-9(3)13(7)14(18)17-12-5-4-10(15(19)20)6-11(12)16/h4-9,13H,1-3H3,(H,17,18)(H,19,20). The maximum atomic E-state index is 13.8. The van der Waals surface area contributed by atoms with Crippen molar-refractivity contribution in [1.82, 2.24) is 0 Å². The Morgan fingerprint density at radius 1 is 1.24 bits per heavy atom. The Morgan fingerprint density at radius 2 is 1.90 bits per heavy atom. The number of aromatic carboxylic acids is 1. The van der Waals surface area contributed by atoms with Crippen molar-refractivity contribution >= 4 is 17.6 Å². The van der Waals surface area contributed by atoms with Gasteiger partial charge >= 0.3 is 5.97 Å². The summed E-state index contributed by atoms with van der Waals surface area (Å²) in [4.78, 5) is 23.0. The number of nitrogens with one attached hydrogen (secondary N) is 1. The number of rotatable bonds is 3. The van der Waals surface area contributed by atoms with E-state index in [0.717, 1.165) is 6.07 Å². The first-order chi connectivity index (χ1) is 9.81. The SMILES string of the molecule is CC1OC(C)C(C(=O)Nc2ccc(C(=O)O)cc2F)C1C. The summed E-state index contributed by atoms with van der Waals surface area (Å²) in [7, 11) is 0. The molecule has 1 aromatic rings. The highest BCUT2D eigenvalue weighted by Gasteiger charge is 2.41. The van der Waals surface area contributed by atoms with Gasteiger partial charge in [0, 0.05) is 0 Å². The van der Waals surface area contributed by atoms with Crippen molar-refractivity contribution < 1.29 is 23.8 Å². The molecule has 1 aliphatic rings. The minimum Gasteiger partial charge on any atom is -0.478 e. The molecule has 2 N–H and O–H groups in total. The normalized spacial score (nSPS) is 28.4. The van der Waals surface area contributed by atoms with Gasteiger partial charge in [-0.3, -0.25) is 4.79 Å². The molecule has 1 aromatic carbocycles. The lowest BCUT2D eigenvalue weighted by molar-refractivity contribution is -0.122. The molecule has 4 unspecified atom stereocenters. The van der Waals surface area contributed by atoms with Crippen molar-refractivity contribution in [1.29, 1.82) is 0 Å². The van der Waals surface area contributed by atoms with Gasteiger partial charge in [0.2, 0.25) is 5.91 Å². The van der Waals surface area contributed by atoms with Crippen LogP contribution in [0.15, 0.2) is 18.2 Å². The lowest BCUT2D eigenvalue weighted by Crippen LogP contribution is -2.32. The Kier molecular flexibility index (Phi) is 4.27. The van der Waals surface area contributed by atoms with Crippen LogP contribution in [0.4, 0.5) is 10.1 Å². The average Bonchev–Trinajstić information content (AvgIpc) is 2.65. The number of hydrogen-bond donors (Lipinski definition) is 2. The number of carbonyl (C=O) groups is 2. The van der Waals surface area contributed by atoms with Gasteiger partial charge in [0.25, 0.3) is 0 Å². The zero-order valence-electron chi connectivity index (χ0n) is 12.1. The van der Waals surface area contributed by atoms with Crippen molar-refractivity contribution in [2.75, 3.05) is 5.32 Å². The molecule has 4 atom stereocenters. The molecule has 1 amide bonds. The molecule has 1 fully saturated rings. The number of carbonyl (C=O) groups excluding carboxylic acids is 1. The van der Waals surface area contributed by atoms with Crippen LogP contribution in [0, 0.1) is 17.7 Å². The number of ether oxygens (including phenoxy) is 1. The molecule has 0 saturated carbocycles. The van der Waals surface area contributed by atoms with Crippen molar-refractivity contribution in [2.24, 2.45) is 11.8 Å². The van der Waals surface area contributed by atoms with Gasteiger partial charge in [0.15, 0.2) is 0 Å². The lowest BCUT2D eigenvalue weighted by Gasteiger charge is -2.18. The van der Waals surface area contributed by atoms with Crippen LogP contribution in [-0.4, -0.2) is 29.2 Å². The highest BCUT2D eigenvalue weighted by atomic mass is 19.1. The molecule has 2 rings (SSSR count). The molecule has 0 aliphatic carbocycles. The highest BCUT2D eigenvalue weighted by molar-refractivity contribution is 5.94. The Labute approximate surface area is 122 Å². The summed E-state index contributed by atoms with van der Waals surface area (Å²) in [5.74, 6) is -2.64. The predicted octanol–water partition coefficient (Wildman–Crippen LogP) is 2.52. The smallest absolute Gasteiger partial charge is 0.335 e. The minimum absolute atomic E-state index is 0.0241. The molecule has 1 heterocycles. The van der Waals surface area contributed by atoms with Crippen LogP contribution < -0.4 is 5.32 Å². The highest BCUT2D eigenvalue weighted by Crippen LogP contribution is 2.33. The number of benzene rings is 1. The predicted molar refractivity (Wildman–Crippen MR) is 74.7 cm³/mol. The monoisotopic (exact) mass is 295 g/mol. The zero-order valence-corrected chi connectivity index (χ0v) is 12.1. The number of carboxylic acid groups (broad SMARTS) is 1.